The highest BCUT2D eigenvalue weighted by Gasteiger charge is 2.38. The number of anilines is 1. The summed E-state index contributed by atoms with van der Waals surface area (Å²) in [4.78, 5) is 6.14. The third-order valence-corrected chi connectivity index (χ3v) is 7.49. The topological polar surface area (TPSA) is 124 Å². The van der Waals surface area contributed by atoms with E-state index in [0.29, 0.717) is 39.3 Å². The van der Waals surface area contributed by atoms with E-state index >= 15 is 0 Å². The first-order valence-electron chi connectivity index (χ1n) is 12.1. The van der Waals surface area contributed by atoms with Gasteiger partial charge in [0.15, 0.2) is 5.82 Å². The molecule has 2 atom stereocenters. The van der Waals surface area contributed by atoms with Crippen LogP contribution in [-0.2, 0) is 12.6 Å². The zero-order chi connectivity index (χ0) is 26.4. The van der Waals surface area contributed by atoms with Gasteiger partial charge in [-0.1, -0.05) is 23.2 Å². The molecular weight excluding hydrogens is 525 g/mol. The molecule has 0 unspecified atom stereocenters. The number of hydrogen-bond acceptors (Lipinski definition) is 8. The van der Waals surface area contributed by atoms with Crippen LogP contribution in [0.2, 0.25) is 10.0 Å². The Morgan fingerprint density at radius 3 is 2.63 bits per heavy atom. The molecule has 0 bridgehead atoms. The number of H-pyrrole nitrogens is 1. The molecule has 0 saturated carbocycles. The number of nitrogens with zero attached hydrogens (tertiary/aromatic N) is 7. The van der Waals surface area contributed by atoms with Gasteiger partial charge in [-0.15, -0.1) is 10.2 Å². The average Bonchev–Trinajstić information content (AvgIpc) is 3.63. The molecule has 194 valence electrons. The Morgan fingerprint density at radius 1 is 1.11 bits per heavy atom. The summed E-state index contributed by atoms with van der Waals surface area (Å²) in [5.41, 5.74) is 9.92. The molecular formula is C26H25Cl2N9O. The van der Waals surface area contributed by atoms with Crippen LogP contribution in [0.5, 0.6) is 5.75 Å². The second kappa shape index (κ2) is 9.54. The Balaban J connectivity index is 1.22. The molecule has 1 aromatic carbocycles. The van der Waals surface area contributed by atoms with Crippen LogP contribution in [0.3, 0.4) is 0 Å². The number of aryl methyl sites for hydroxylation is 1. The van der Waals surface area contributed by atoms with Crippen molar-refractivity contribution in [2.45, 2.75) is 25.0 Å². The summed E-state index contributed by atoms with van der Waals surface area (Å²) in [6.45, 7) is 3.28. The molecule has 6 rings (SSSR count). The molecule has 0 amide bonds. The highest BCUT2D eigenvalue weighted by molar-refractivity contribution is 6.35. The van der Waals surface area contributed by atoms with E-state index in [1.807, 2.05) is 56.6 Å². The fourth-order valence-corrected chi connectivity index (χ4v) is 5.54. The third kappa shape index (κ3) is 4.44. The van der Waals surface area contributed by atoms with Crippen molar-refractivity contribution in [3.63, 3.8) is 0 Å². The lowest BCUT2D eigenvalue weighted by molar-refractivity contribution is 0.227. The van der Waals surface area contributed by atoms with Gasteiger partial charge in [0, 0.05) is 49.7 Å². The molecule has 3 N–H and O–H groups in total. The second-order valence-electron chi connectivity index (χ2n) is 9.54. The molecule has 1 aliphatic rings. The van der Waals surface area contributed by atoms with Gasteiger partial charge in [0.25, 0.3) is 0 Å². The lowest BCUT2D eigenvalue weighted by atomic mass is 9.96. The zero-order valence-electron chi connectivity index (χ0n) is 20.8. The number of hydrogen-bond donors (Lipinski definition) is 2. The number of aromatic nitrogens is 7. The number of pyridine rings is 1. The molecule has 0 aliphatic carbocycles. The third-order valence-electron chi connectivity index (χ3n) is 6.89. The molecule has 0 radical (unpaired) electrons. The minimum absolute atomic E-state index is 0.383. The summed E-state index contributed by atoms with van der Waals surface area (Å²) >= 11 is 12.6. The number of rotatable bonds is 6. The summed E-state index contributed by atoms with van der Waals surface area (Å²) in [6.07, 6.45) is 5.42. The van der Waals surface area contributed by atoms with E-state index in [1.165, 1.54) is 0 Å². The highest BCUT2D eigenvalue weighted by Crippen LogP contribution is 2.35. The average molecular weight is 550 g/mol. The molecule has 1 aliphatic heterocycles. The summed E-state index contributed by atoms with van der Waals surface area (Å²) in [5, 5.41) is 22.8. The van der Waals surface area contributed by atoms with Crippen LogP contribution in [0.4, 0.5) is 5.82 Å². The van der Waals surface area contributed by atoms with Crippen LogP contribution in [-0.4, -0.2) is 48.2 Å². The van der Waals surface area contributed by atoms with E-state index in [1.54, 1.807) is 17.1 Å². The maximum Gasteiger partial charge on any atom is 0.151 e. The standard InChI is InChI=1S/C26H25Cl2N9O/c1-15(24-18(27)12-30-13-19(24)28)38-16-3-4-20-17(11-16)25(34-31-20)21-5-6-23(33-32-21)37-10-8-26(29,14-37)22-7-9-36(2)35-22/h3-7,9,11-13,15H,8,10,14,29H2,1-2H3,(H,31,34)/t15-,26+/m1/s1. The van der Waals surface area contributed by atoms with Gasteiger partial charge in [0.1, 0.15) is 23.2 Å². The summed E-state index contributed by atoms with van der Waals surface area (Å²) < 4.78 is 7.95. The Morgan fingerprint density at radius 2 is 1.92 bits per heavy atom. The fraction of sp³-hybridized carbons (Fsp3) is 0.269. The zero-order valence-corrected chi connectivity index (χ0v) is 22.3. The first-order chi connectivity index (χ1) is 18.3. The van der Waals surface area contributed by atoms with Crippen molar-refractivity contribution in [2.24, 2.45) is 12.8 Å². The number of ether oxygens (including phenoxy) is 1. The molecule has 1 saturated heterocycles. The summed E-state index contributed by atoms with van der Waals surface area (Å²) in [6, 6.07) is 11.5. The summed E-state index contributed by atoms with van der Waals surface area (Å²) in [5.74, 6) is 1.41. The van der Waals surface area contributed by atoms with Crippen LogP contribution >= 0.6 is 23.2 Å². The van der Waals surface area contributed by atoms with E-state index in [0.717, 1.165) is 35.4 Å². The second-order valence-corrected chi connectivity index (χ2v) is 10.4. The highest BCUT2D eigenvalue weighted by atomic mass is 35.5. The van der Waals surface area contributed by atoms with Gasteiger partial charge in [-0.05, 0) is 49.7 Å². The fourth-order valence-electron chi connectivity index (χ4n) is 4.87. The van der Waals surface area contributed by atoms with E-state index < -0.39 is 5.54 Å². The molecule has 1 fully saturated rings. The molecule has 4 aromatic heterocycles. The quantitative estimate of drug-likeness (QED) is 0.313. The van der Waals surface area contributed by atoms with Crippen molar-refractivity contribution < 1.29 is 4.74 Å². The monoisotopic (exact) mass is 549 g/mol. The molecule has 12 heteroatoms. The van der Waals surface area contributed by atoms with Crippen molar-refractivity contribution in [2.75, 3.05) is 18.0 Å². The number of nitrogens with two attached hydrogens (primary N) is 1. The van der Waals surface area contributed by atoms with Gasteiger partial charge in [-0.3, -0.25) is 14.8 Å². The van der Waals surface area contributed by atoms with Gasteiger partial charge in [0.2, 0.25) is 0 Å². The van der Waals surface area contributed by atoms with E-state index in [4.69, 9.17) is 33.7 Å². The SMILES string of the molecule is C[C@@H](Oc1ccc2[nH]nc(-c3ccc(N4CC[C@@](N)(c5ccn(C)n5)C4)nn3)c2c1)c1c(Cl)cncc1Cl. The Bertz CT molecular complexity index is 1600. The van der Waals surface area contributed by atoms with Crippen molar-refractivity contribution in [1.29, 1.82) is 0 Å². The number of nitrogens with one attached hydrogen (secondary N) is 1. The lowest BCUT2D eigenvalue weighted by Gasteiger charge is -2.23. The smallest absolute Gasteiger partial charge is 0.151 e. The maximum atomic E-state index is 6.68. The molecule has 38 heavy (non-hydrogen) atoms. The Labute approximate surface area is 228 Å². The number of halogens is 2. The minimum atomic E-state index is -0.516. The minimum Gasteiger partial charge on any atom is -0.486 e. The van der Waals surface area contributed by atoms with Crippen LogP contribution in [0, 0.1) is 0 Å². The Kier molecular flexibility index (Phi) is 6.17. The van der Waals surface area contributed by atoms with Gasteiger partial charge in [-0.25, -0.2) is 0 Å². The number of fused-ring (bicyclic) bond motifs is 1. The van der Waals surface area contributed by atoms with E-state index in [2.05, 4.69) is 35.4 Å². The molecule has 5 aromatic rings. The van der Waals surface area contributed by atoms with Crippen molar-refractivity contribution in [3.05, 3.63) is 76.3 Å². The first kappa shape index (κ1) is 24.6. The van der Waals surface area contributed by atoms with Crippen molar-refractivity contribution in [1.82, 2.24) is 35.2 Å². The maximum absolute atomic E-state index is 6.68. The lowest BCUT2D eigenvalue weighted by Crippen LogP contribution is -2.40. The first-order valence-corrected chi connectivity index (χ1v) is 12.9. The van der Waals surface area contributed by atoms with Gasteiger partial charge in [-0.2, -0.15) is 10.2 Å². The molecule has 0 spiro atoms. The van der Waals surface area contributed by atoms with Gasteiger partial charge < -0.3 is 15.4 Å². The van der Waals surface area contributed by atoms with Crippen LogP contribution in [0.25, 0.3) is 22.3 Å². The van der Waals surface area contributed by atoms with Crippen LogP contribution < -0.4 is 15.4 Å². The number of aromatic amines is 1. The Hall–Kier alpha value is -3.73. The molecule has 5 heterocycles. The predicted octanol–water partition coefficient (Wildman–Crippen LogP) is 4.66. The normalized spacial score (nSPS) is 18.3. The van der Waals surface area contributed by atoms with E-state index in [9.17, 15) is 0 Å². The van der Waals surface area contributed by atoms with Gasteiger partial charge in [0.05, 0.1) is 26.8 Å². The largest absolute Gasteiger partial charge is 0.486 e. The van der Waals surface area contributed by atoms with E-state index in [-0.39, 0.29) is 6.10 Å². The van der Waals surface area contributed by atoms with Crippen molar-refractivity contribution >= 4 is 39.9 Å². The van der Waals surface area contributed by atoms with Gasteiger partial charge >= 0.3 is 0 Å². The predicted molar refractivity (Wildman–Crippen MR) is 146 cm³/mol. The molecule has 10 nitrogen and oxygen atoms in total. The van der Waals surface area contributed by atoms with Crippen LogP contribution in [0.15, 0.2) is 55.0 Å². The number of benzene rings is 1. The van der Waals surface area contributed by atoms with Crippen LogP contribution in [0.1, 0.15) is 30.7 Å². The summed E-state index contributed by atoms with van der Waals surface area (Å²) in [7, 11) is 1.89. The van der Waals surface area contributed by atoms with Crippen molar-refractivity contribution in [3.8, 4) is 17.1 Å².